The number of piperidine rings is 1. The average molecular weight is 271 g/mol. The first-order valence-corrected chi connectivity index (χ1v) is 8.28. The standard InChI is InChI=1S/C12H25N3.2C2H6/c1-4-15-7-5-12(6-8-15)11-13(2)9-10-14(12)3;2*1-2/h4-11H2,1-3H3;2*1-2H3. The molecular formula is C16H37N3. The molecule has 0 aromatic rings. The van der Waals surface area contributed by atoms with Crippen molar-refractivity contribution in [3.8, 4) is 0 Å². The summed E-state index contributed by atoms with van der Waals surface area (Å²) in [4.78, 5) is 7.69. The minimum absolute atomic E-state index is 0.485. The van der Waals surface area contributed by atoms with E-state index in [-0.39, 0.29) is 0 Å². The van der Waals surface area contributed by atoms with E-state index < -0.39 is 0 Å². The molecule has 0 N–H and O–H groups in total. The largest absolute Gasteiger partial charge is 0.303 e. The molecule has 3 nitrogen and oxygen atoms in total. The molecule has 0 unspecified atom stereocenters. The fraction of sp³-hybridized carbons (Fsp3) is 1.00. The van der Waals surface area contributed by atoms with Crippen LogP contribution in [0.1, 0.15) is 47.5 Å². The van der Waals surface area contributed by atoms with Crippen LogP contribution in [-0.4, -0.2) is 73.6 Å². The molecule has 0 atom stereocenters. The molecule has 2 fully saturated rings. The molecule has 19 heavy (non-hydrogen) atoms. The lowest BCUT2D eigenvalue weighted by molar-refractivity contribution is -0.0180. The van der Waals surface area contributed by atoms with Crippen molar-refractivity contribution in [2.24, 2.45) is 0 Å². The van der Waals surface area contributed by atoms with Crippen LogP contribution in [0.15, 0.2) is 0 Å². The minimum atomic E-state index is 0.485. The van der Waals surface area contributed by atoms with Crippen LogP contribution >= 0.6 is 0 Å². The lowest BCUT2D eigenvalue weighted by atomic mass is 9.84. The topological polar surface area (TPSA) is 9.72 Å². The molecule has 0 amide bonds. The molecule has 2 rings (SSSR count). The number of rotatable bonds is 1. The molecule has 0 bridgehead atoms. The summed E-state index contributed by atoms with van der Waals surface area (Å²) in [6.07, 6.45) is 2.70. The van der Waals surface area contributed by atoms with Gasteiger partial charge in [0.2, 0.25) is 0 Å². The van der Waals surface area contributed by atoms with Gasteiger partial charge in [-0.1, -0.05) is 34.6 Å². The number of likely N-dealkylation sites (N-methyl/N-ethyl adjacent to an activating group) is 2. The summed E-state index contributed by atoms with van der Waals surface area (Å²) in [5.41, 5.74) is 0.485. The third-order valence-electron chi connectivity index (χ3n) is 4.43. The molecule has 3 heteroatoms. The van der Waals surface area contributed by atoms with E-state index in [1.807, 2.05) is 27.7 Å². The van der Waals surface area contributed by atoms with Gasteiger partial charge in [-0.25, -0.2) is 0 Å². The van der Waals surface area contributed by atoms with Crippen molar-refractivity contribution >= 4 is 0 Å². The first-order valence-electron chi connectivity index (χ1n) is 8.28. The molecule has 0 aromatic heterocycles. The maximum absolute atomic E-state index is 2.61. The van der Waals surface area contributed by atoms with Gasteiger partial charge in [-0.3, -0.25) is 4.90 Å². The number of nitrogens with zero attached hydrogens (tertiary/aromatic N) is 3. The van der Waals surface area contributed by atoms with Crippen molar-refractivity contribution in [1.82, 2.24) is 14.7 Å². The van der Waals surface area contributed by atoms with Gasteiger partial charge in [0.25, 0.3) is 0 Å². The van der Waals surface area contributed by atoms with Crippen molar-refractivity contribution in [2.75, 3.05) is 53.4 Å². The Morgan fingerprint density at radius 1 is 0.842 bits per heavy atom. The second-order valence-corrected chi connectivity index (χ2v) is 5.32. The first-order chi connectivity index (χ1) is 9.16. The highest BCUT2D eigenvalue weighted by molar-refractivity contribution is 4.98. The van der Waals surface area contributed by atoms with Crippen LogP contribution in [0.5, 0.6) is 0 Å². The van der Waals surface area contributed by atoms with Gasteiger partial charge in [0.15, 0.2) is 0 Å². The molecule has 1 spiro atoms. The predicted octanol–water partition coefficient (Wildman–Crippen LogP) is 2.77. The molecule has 2 aliphatic rings. The van der Waals surface area contributed by atoms with Gasteiger partial charge in [-0.2, -0.15) is 0 Å². The van der Waals surface area contributed by atoms with E-state index in [4.69, 9.17) is 0 Å². The highest BCUT2D eigenvalue weighted by Gasteiger charge is 2.40. The smallest absolute Gasteiger partial charge is 0.0358 e. The van der Waals surface area contributed by atoms with Crippen LogP contribution in [0.4, 0.5) is 0 Å². The van der Waals surface area contributed by atoms with E-state index in [1.54, 1.807) is 0 Å². The lowest BCUT2D eigenvalue weighted by Gasteiger charge is -2.52. The molecule has 0 radical (unpaired) electrons. The molecular weight excluding hydrogens is 234 g/mol. The van der Waals surface area contributed by atoms with Crippen LogP contribution in [-0.2, 0) is 0 Å². The van der Waals surface area contributed by atoms with E-state index in [9.17, 15) is 0 Å². The summed E-state index contributed by atoms with van der Waals surface area (Å²) in [5, 5.41) is 0. The van der Waals surface area contributed by atoms with Gasteiger partial charge >= 0.3 is 0 Å². The molecule has 0 saturated carbocycles. The van der Waals surface area contributed by atoms with Crippen molar-refractivity contribution in [2.45, 2.75) is 53.0 Å². The first kappa shape index (κ1) is 18.9. The Labute approximate surface area is 121 Å². The molecule has 116 valence electrons. The van der Waals surface area contributed by atoms with Gasteiger partial charge < -0.3 is 9.80 Å². The quantitative estimate of drug-likeness (QED) is 0.726. The van der Waals surface area contributed by atoms with Crippen LogP contribution in [0.25, 0.3) is 0 Å². The fourth-order valence-electron chi connectivity index (χ4n) is 3.09. The Bertz CT molecular complexity index is 210. The summed E-state index contributed by atoms with van der Waals surface area (Å²) < 4.78 is 0. The summed E-state index contributed by atoms with van der Waals surface area (Å²) in [5.74, 6) is 0. The number of hydrogen-bond donors (Lipinski definition) is 0. The van der Waals surface area contributed by atoms with Crippen molar-refractivity contribution < 1.29 is 0 Å². The SMILES string of the molecule is CC.CC.CCN1CCC2(CC1)CN(C)CCN2C. The van der Waals surface area contributed by atoms with Crippen molar-refractivity contribution in [1.29, 1.82) is 0 Å². The van der Waals surface area contributed by atoms with Gasteiger partial charge in [-0.05, 0) is 46.6 Å². The second-order valence-electron chi connectivity index (χ2n) is 5.32. The van der Waals surface area contributed by atoms with Gasteiger partial charge in [0, 0.05) is 25.2 Å². The molecule has 0 aliphatic carbocycles. The Morgan fingerprint density at radius 2 is 1.37 bits per heavy atom. The minimum Gasteiger partial charge on any atom is -0.303 e. The van der Waals surface area contributed by atoms with E-state index in [1.165, 1.54) is 52.1 Å². The zero-order valence-corrected chi connectivity index (χ0v) is 14.5. The van der Waals surface area contributed by atoms with Crippen LogP contribution in [0.3, 0.4) is 0 Å². The molecule has 2 saturated heterocycles. The van der Waals surface area contributed by atoms with E-state index in [0.29, 0.717) is 5.54 Å². The van der Waals surface area contributed by atoms with Crippen molar-refractivity contribution in [3.05, 3.63) is 0 Å². The van der Waals surface area contributed by atoms with Crippen LogP contribution in [0.2, 0.25) is 0 Å². The Morgan fingerprint density at radius 3 is 1.84 bits per heavy atom. The van der Waals surface area contributed by atoms with Crippen LogP contribution in [0, 0.1) is 0 Å². The zero-order valence-electron chi connectivity index (χ0n) is 14.5. The molecule has 2 heterocycles. The monoisotopic (exact) mass is 271 g/mol. The molecule has 2 aliphatic heterocycles. The van der Waals surface area contributed by atoms with Gasteiger partial charge in [-0.15, -0.1) is 0 Å². The van der Waals surface area contributed by atoms with E-state index >= 15 is 0 Å². The Hall–Kier alpha value is -0.120. The van der Waals surface area contributed by atoms with Gasteiger partial charge in [0.1, 0.15) is 0 Å². The highest BCUT2D eigenvalue weighted by Crippen LogP contribution is 2.30. The van der Waals surface area contributed by atoms with Gasteiger partial charge in [0.05, 0.1) is 0 Å². The summed E-state index contributed by atoms with van der Waals surface area (Å²) in [7, 11) is 4.58. The molecule has 0 aromatic carbocycles. The predicted molar refractivity (Wildman–Crippen MR) is 86.9 cm³/mol. The van der Waals surface area contributed by atoms with Crippen LogP contribution < -0.4 is 0 Å². The summed E-state index contributed by atoms with van der Waals surface area (Å²) in [6, 6.07) is 0. The summed E-state index contributed by atoms with van der Waals surface area (Å²) >= 11 is 0. The highest BCUT2D eigenvalue weighted by atomic mass is 15.3. The third kappa shape index (κ3) is 5.05. The fourth-order valence-corrected chi connectivity index (χ4v) is 3.09. The zero-order chi connectivity index (χ0) is 14.9. The number of piperazine rings is 1. The number of hydrogen-bond acceptors (Lipinski definition) is 3. The summed E-state index contributed by atoms with van der Waals surface area (Å²) in [6.45, 7) is 17.8. The number of likely N-dealkylation sites (tertiary alicyclic amines) is 1. The second kappa shape index (κ2) is 9.73. The van der Waals surface area contributed by atoms with Crippen molar-refractivity contribution in [3.63, 3.8) is 0 Å². The van der Waals surface area contributed by atoms with E-state index in [0.717, 1.165) is 0 Å². The Balaban J connectivity index is 0.000000741. The maximum Gasteiger partial charge on any atom is 0.0358 e. The van der Waals surface area contributed by atoms with E-state index in [2.05, 4.69) is 35.7 Å². The normalized spacial score (nSPS) is 24.2. The third-order valence-corrected chi connectivity index (χ3v) is 4.43. The lowest BCUT2D eigenvalue weighted by Crippen LogP contribution is -2.63. The Kier molecular flexibility index (Phi) is 9.67. The maximum atomic E-state index is 2.61. The average Bonchev–Trinajstić information content (AvgIpc) is 2.48.